The zero-order valence-corrected chi connectivity index (χ0v) is 12.7. The molecule has 0 saturated carbocycles. The van der Waals surface area contributed by atoms with Gasteiger partial charge in [-0.05, 0) is 12.5 Å². The van der Waals surface area contributed by atoms with Crippen molar-refractivity contribution in [3.63, 3.8) is 0 Å². The summed E-state index contributed by atoms with van der Waals surface area (Å²) in [4.78, 5) is 24.4. The monoisotopic (exact) mass is 300 g/mol. The molecule has 0 aromatic carbocycles. The van der Waals surface area contributed by atoms with Crippen molar-refractivity contribution >= 4 is 11.9 Å². The summed E-state index contributed by atoms with van der Waals surface area (Å²) in [7, 11) is 0. The van der Waals surface area contributed by atoms with Crippen LogP contribution in [-0.2, 0) is 4.79 Å². The van der Waals surface area contributed by atoms with Crippen LogP contribution < -0.4 is 10.2 Å². The highest BCUT2D eigenvalue weighted by molar-refractivity contribution is 5.97. The van der Waals surface area contributed by atoms with Crippen LogP contribution in [0, 0.1) is 11.3 Å². The second-order valence-electron chi connectivity index (χ2n) is 4.98. The molecular formula is C15H20N6O. The highest BCUT2D eigenvalue weighted by Gasteiger charge is 2.18. The Morgan fingerprint density at radius 2 is 2.05 bits per heavy atom. The molecule has 116 valence electrons. The molecule has 1 fully saturated rings. The van der Waals surface area contributed by atoms with Gasteiger partial charge in [0.15, 0.2) is 0 Å². The fourth-order valence-corrected chi connectivity index (χ4v) is 2.16. The number of piperazine rings is 1. The minimum Gasteiger partial charge on any atom is -0.373 e. The van der Waals surface area contributed by atoms with Gasteiger partial charge in [0.2, 0.25) is 5.95 Å². The lowest BCUT2D eigenvalue weighted by Gasteiger charge is -2.34. The fraction of sp³-hybridized carbons (Fsp3) is 0.467. The summed E-state index contributed by atoms with van der Waals surface area (Å²) in [6.45, 7) is 5.53. The van der Waals surface area contributed by atoms with Gasteiger partial charge in [-0.25, -0.2) is 9.97 Å². The lowest BCUT2D eigenvalue weighted by molar-refractivity contribution is -0.117. The Morgan fingerprint density at radius 1 is 1.36 bits per heavy atom. The summed E-state index contributed by atoms with van der Waals surface area (Å²) < 4.78 is 0. The van der Waals surface area contributed by atoms with Crippen LogP contribution in [0.15, 0.2) is 30.2 Å². The Hall–Kier alpha value is -2.62. The van der Waals surface area contributed by atoms with Crippen LogP contribution in [0.25, 0.3) is 0 Å². The molecule has 0 aliphatic carbocycles. The van der Waals surface area contributed by atoms with Gasteiger partial charge in [-0.3, -0.25) is 4.79 Å². The lowest BCUT2D eigenvalue weighted by atomic mass is 10.2. The number of aromatic nitrogens is 2. The van der Waals surface area contributed by atoms with Gasteiger partial charge in [0, 0.05) is 51.3 Å². The van der Waals surface area contributed by atoms with Crippen molar-refractivity contribution < 1.29 is 4.79 Å². The van der Waals surface area contributed by atoms with E-state index in [1.165, 1.54) is 0 Å². The Labute approximate surface area is 130 Å². The molecule has 7 heteroatoms. The standard InChI is InChI=1S/C15H20N6O/c1-2-4-17-14(22)13(11-16)12-20-7-9-21(10-8-20)15-18-5-3-6-19-15/h3,5-6,12H,2,4,7-10H2,1H3,(H,17,22)/b13-12-. The van der Waals surface area contributed by atoms with Crippen molar-refractivity contribution in [3.05, 3.63) is 30.2 Å². The number of rotatable bonds is 5. The number of carbonyl (C=O) groups is 1. The quantitative estimate of drug-likeness (QED) is 0.631. The first kappa shape index (κ1) is 15.8. The number of nitrogens with zero attached hydrogens (tertiary/aromatic N) is 5. The number of carbonyl (C=O) groups excluding carboxylic acids is 1. The van der Waals surface area contributed by atoms with Gasteiger partial charge < -0.3 is 15.1 Å². The average Bonchev–Trinajstić information content (AvgIpc) is 2.59. The van der Waals surface area contributed by atoms with Crippen LogP contribution >= 0.6 is 0 Å². The molecule has 0 bridgehead atoms. The number of amides is 1. The van der Waals surface area contributed by atoms with E-state index in [2.05, 4.69) is 20.2 Å². The molecule has 1 amide bonds. The fourth-order valence-electron chi connectivity index (χ4n) is 2.16. The summed E-state index contributed by atoms with van der Waals surface area (Å²) in [5.41, 5.74) is 0.151. The average molecular weight is 300 g/mol. The van der Waals surface area contributed by atoms with E-state index in [9.17, 15) is 4.79 Å². The Morgan fingerprint density at radius 3 is 2.64 bits per heavy atom. The highest BCUT2D eigenvalue weighted by atomic mass is 16.1. The molecule has 1 saturated heterocycles. The van der Waals surface area contributed by atoms with Gasteiger partial charge in [-0.2, -0.15) is 5.26 Å². The molecule has 1 N–H and O–H groups in total. The van der Waals surface area contributed by atoms with Crippen molar-refractivity contribution in [2.24, 2.45) is 0 Å². The van der Waals surface area contributed by atoms with Crippen LogP contribution in [0.2, 0.25) is 0 Å². The number of hydrogen-bond acceptors (Lipinski definition) is 6. The molecular weight excluding hydrogens is 280 g/mol. The van der Waals surface area contributed by atoms with Crippen LogP contribution in [0.1, 0.15) is 13.3 Å². The molecule has 0 spiro atoms. The predicted octanol–water partition coefficient (Wildman–Crippen LogP) is 0.532. The minimum absolute atomic E-state index is 0.151. The molecule has 2 heterocycles. The molecule has 2 rings (SSSR count). The van der Waals surface area contributed by atoms with Gasteiger partial charge in [0.05, 0.1) is 0 Å². The topological polar surface area (TPSA) is 85.2 Å². The second kappa shape index (κ2) is 7.98. The van der Waals surface area contributed by atoms with E-state index in [0.717, 1.165) is 32.6 Å². The number of hydrogen-bond donors (Lipinski definition) is 1. The van der Waals surface area contributed by atoms with Crippen LogP contribution in [0.3, 0.4) is 0 Å². The summed E-state index contributed by atoms with van der Waals surface area (Å²) in [6.07, 6.45) is 5.94. The van der Waals surface area contributed by atoms with Crippen molar-refractivity contribution in [2.45, 2.75) is 13.3 Å². The third-order valence-electron chi connectivity index (χ3n) is 3.36. The first-order valence-electron chi connectivity index (χ1n) is 7.40. The van der Waals surface area contributed by atoms with Gasteiger partial charge in [-0.15, -0.1) is 0 Å². The normalized spacial score (nSPS) is 15.4. The van der Waals surface area contributed by atoms with Crippen LogP contribution in [-0.4, -0.2) is 53.5 Å². The van der Waals surface area contributed by atoms with Gasteiger partial charge in [-0.1, -0.05) is 6.92 Å². The molecule has 1 aliphatic heterocycles. The van der Waals surface area contributed by atoms with E-state index in [0.29, 0.717) is 12.5 Å². The molecule has 0 radical (unpaired) electrons. The SMILES string of the molecule is CCCNC(=O)/C(C#N)=C\N1CCN(c2ncccn2)CC1. The Kier molecular flexibility index (Phi) is 5.72. The third-order valence-corrected chi connectivity index (χ3v) is 3.36. The molecule has 0 atom stereocenters. The maximum Gasteiger partial charge on any atom is 0.263 e. The molecule has 22 heavy (non-hydrogen) atoms. The molecule has 1 aromatic heterocycles. The molecule has 1 aliphatic rings. The molecule has 7 nitrogen and oxygen atoms in total. The Bertz CT molecular complexity index is 557. The van der Waals surface area contributed by atoms with E-state index in [1.807, 2.05) is 17.9 Å². The zero-order chi connectivity index (χ0) is 15.8. The molecule has 1 aromatic rings. The van der Waals surface area contributed by atoms with Crippen molar-refractivity contribution in [2.75, 3.05) is 37.6 Å². The summed E-state index contributed by atoms with van der Waals surface area (Å²) in [6, 6.07) is 3.76. The van der Waals surface area contributed by atoms with E-state index in [-0.39, 0.29) is 11.5 Å². The van der Waals surface area contributed by atoms with Gasteiger partial charge >= 0.3 is 0 Å². The first-order valence-corrected chi connectivity index (χ1v) is 7.40. The molecule has 0 unspecified atom stereocenters. The third kappa shape index (κ3) is 4.19. The largest absolute Gasteiger partial charge is 0.373 e. The summed E-state index contributed by atoms with van der Waals surface area (Å²) in [5.74, 6) is 0.408. The van der Waals surface area contributed by atoms with E-state index in [1.54, 1.807) is 24.7 Å². The van der Waals surface area contributed by atoms with E-state index in [4.69, 9.17) is 5.26 Å². The van der Waals surface area contributed by atoms with Crippen molar-refractivity contribution in [1.82, 2.24) is 20.2 Å². The van der Waals surface area contributed by atoms with Gasteiger partial charge in [0.1, 0.15) is 11.6 Å². The maximum atomic E-state index is 11.8. The lowest BCUT2D eigenvalue weighted by Crippen LogP contribution is -2.45. The number of nitriles is 1. The summed E-state index contributed by atoms with van der Waals surface area (Å²) >= 11 is 0. The van der Waals surface area contributed by atoms with Crippen LogP contribution in [0.4, 0.5) is 5.95 Å². The maximum absolute atomic E-state index is 11.8. The second-order valence-corrected chi connectivity index (χ2v) is 4.98. The van der Waals surface area contributed by atoms with Gasteiger partial charge in [0.25, 0.3) is 5.91 Å². The number of anilines is 1. The summed E-state index contributed by atoms with van der Waals surface area (Å²) in [5, 5.41) is 11.8. The number of nitrogens with one attached hydrogen (secondary N) is 1. The van der Waals surface area contributed by atoms with E-state index < -0.39 is 0 Å². The zero-order valence-electron chi connectivity index (χ0n) is 12.7. The minimum atomic E-state index is -0.307. The van der Waals surface area contributed by atoms with Crippen molar-refractivity contribution in [3.8, 4) is 6.07 Å². The van der Waals surface area contributed by atoms with Crippen LogP contribution in [0.5, 0.6) is 0 Å². The van der Waals surface area contributed by atoms with Crippen molar-refractivity contribution in [1.29, 1.82) is 5.26 Å². The Balaban J connectivity index is 1.92. The smallest absolute Gasteiger partial charge is 0.263 e. The highest BCUT2D eigenvalue weighted by Crippen LogP contribution is 2.10. The van der Waals surface area contributed by atoms with E-state index >= 15 is 0 Å². The first-order chi connectivity index (χ1) is 10.7. The predicted molar refractivity (Wildman–Crippen MR) is 82.8 cm³/mol.